The number of hydrogen-bond acceptors (Lipinski definition) is 10. The van der Waals surface area contributed by atoms with E-state index in [0.29, 0.717) is 56.0 Å². The number of ether oxygens (including phenoxy) is 4. The molecule has 6 atom stereocenters. The van der Waals surface area contributed by atoms with Gasteiger partial charge in [-0.3, -0.25) is 4.79 Å². The number of amides is 2. The average Bonchev–Trinajstić information content (AvgIpc) is 3.31. The van der Waals surface area contributed by atoms with Crippen molar-refractivity contribution < 1.29 is 43.6 Å². The number of oxime groups is 1. The van der Waals surface area contributed by atoms with Gasteiger partial charge in [-0.1, -0.05) is 114 Å². The first kappa shape index (κ1) is 51.6. The van der Waals surface area contributed by atoms with Crippen molar-refractivity contribution in [2.24, 2.45) is 22.9 Å². The monoisotopic (exact) mass is 902 g/mol. The highest BCUT2D eigenvalue weighted by Gasteiger charge is 2.65. The highest BCUT2D eigenvalue weighted by atomic mass is 16.7. The Morgan fingerprint density at radius 3 is 2.29 bits per heavy atom. The van der Waals surface area contributed by atoms with E-state index in [2.05, 4.69) is 31.8 Å². The summed E-state index contributed by atoms with van der Waals surface area (Å²) in [4.78, 5) is 35.6. The van der Waals surface area contributed by atoms with Gasteiger partial charge in [0.25, 0.3) is 0 Å². The Hall–Kier alpha value is -4.39. The third-order valence-corrected chi connectivity index (χ3v) is 13.5. The van der Waals surface area contributed by atoms with Crippen LogP contribution in [-0.2, 0) is 20.8 Å². The fourth-order valence-corrected chi connectivity index (χ4v) is 10.5. The number of unbranched alkanes of at least 4 members (excludes halogenated alkanes) is 11. The van der Waals surface area contributed by atoms with Crippen molar-refractivity contribution in [3.05, 3.63) is 77.9 Å². The molecule has 12 heteroatoms. The number of allylic oxidation sites excluding steroid dienone is 1. The van der Waals surface area contributed by atoms with Crippen LogP contribution in [0.15, 0.2) is 71.9 Å². The lowest BCUT2D eigenvalue weighted by Gasteiger charge is -2.60. The molecule has 0 bridgehead atoms. The summed E-state index contributed by atoms with van der Waals surface area (Å²) in [7, 11) is 3.16. The number of aliphatic hydroxyl groups excluding tert-OH is 2. The summed E-state index contributed by atoms with van der Waals surface area (Å²) in [6, 6.07) is 12.5. The lowest BCUT2D eigenvalue weighted by Crippen LogP contribution is -2.70. The van der Waals surface area contributed by atoms with Gasteiger partial charge in [0.15, 0.2) is 0 Å². The van der Waals surface area contributed by atoms with Gasteiger partial charge in [-0.2, -0.15) is 0 Å². The minimum absolute atomic E-state index is 0.0402. The van der Waals surface area contributed by atoms with Crippen LogP contribution in [0.2, 0.25) is 0 Å². The van der Waals surface area contributed by atoms with Gasteiger partial charge in [-0.25, -0.2) is 4.79 Å². The second-order valence-electron chi connectivity index (χ2n) is 18.1. The van der Waals surface area contributed by atoms with Gasteiger partial charge in [0.2, 0.25) is 11.7 Å². The molecule has 2 amide bonds. The van der Waals surface area contributed by atoms with Crippen LogP contribution in [0.25, 0.3) is 0 Å². The lowest BCUT2D eigenvalue weighted by atomic mass is 9.55. The number of fused-ring (bicyclic) bond motifs is 2. The highest BCUT2D eigenvalue weighted by Crippen LogP contribution is 2.62. The number of carbonyl (C=O) groups is 2. The van der Waals surface area contributed by atoms with Crippen LogP contribution in [0, 0.1) is 17.8 Å². The molecule has 6 unspecified atom stereocenters. The Morgan fingerprint density at radius 1 is 0.892 bits per heavy atom. The Morgan fingerprint density at radius 2 is 1.62 bits per heavy atom. The fourth-order valence-electron chi connectivity index (χ4n) is 10.5. The quantitative estimate of drug-likeness (QED) is 0.0396. The first-order valence-electron chi connectivity index (χ1n) is 24.8. The maximum absolute atomic E-state index is 14.8. The molecule has 5 rings (SSSR count). The molecule has 1 saturated carbocycles. The predicted octanol–water partition coefficient (Wildman–Crippen LogP) is 10.4. The Balaban J connectivity index is 1.53. The van der Waals surface area contributed by atoms with Gasteiger partial charge in [-0.15, -0.1) is 6.58 Å². The molecule has 0 spiro atoms. The van der Waals surface area contributed by atoms with E-state index in [9.17, 15) is 19.8 Å². The molecular weight excluding hydrogens is 823 g/mol. The topological polar surface area (TPSA) is 148 Å². The molecular formula is C53H79N3O9. The molecule has 2 aromatic rings. The summed E-state index contributed by atoms with van der Waals surface area (Å²) in [6.07, 6.45) is 21.4. The zero-order valence-corrected chi connectivity index (χ0v) is 39.9. The van der Waals surface area contributed by atoms with Crippen molar-refractivity contribution in [2.45, 2.75) is 154 Å². The van der Waals surface area contributed by atoms with E-state index in [1.54, 1.807) is 26.4 Å². The third-order valence-electron chi connectivity index (χ3n) is 13.5. The summed E-state index contributed by atoms with van der Waals surface area (Å²) in [5.74, 6) is -0.333. The van der Waals surface area contributed by atoms with E-state index in [0.717, 1.165) is 67.4 Å². The minimum atomic E-state index is -1.37. The van der Waals surface area contributed by atoms with Crippen LogP contribution in [0.3, 0.4) is 0 Å². The van der Waals surface area contributed by atoms with Gasteiger partial charge < -0.3 is 44.2 Å². The Labute approximate surface area is 389 Å². The van der Waals surface area contributed by atoms with E-state index in [4.69, 9.17) is 28.9 Å². The number of hydrogen-bond donors (Lipinski definition) is 3. The SMILES string of the molecule is C=CCOC12Oc3ccc(OC(=O)NCCCCCCCCCCCC)cc3C3C(CCCCO)C(CCCCO)C=C(C(=NOC)CC1N(CCC)C(=O)Cc1cccc(OC)c1)C32. The van der Waals surface area contributed by atoms with E-state index in [-0.39, 0.29) is 49.9 Å². The number of methoxy groups -OCH3 is 1. The van der Waals surface area contributed by atoms with Gasteiger partial charge >= 0.3 is 6.09 Å². The molecule has 1 aliphatic heterocycles. The first-order valence-corrected chi connectivity index (χ1v) is 24.8. The predicted molar refractivity (Wildman–Crippen MR) is 257 cm³/mol. The highest BCUT2D eigenvalue weighted by molar-refractivity contribution is 6.03. The fraction of sp³-hybridized carbons (Fsp3) is 0.642. The van der Waals surface area contributed by atoms with Crippen molar-refractivity contribution in [1.82, 2.24) is 10.2 Å². The maximum atomic E-state index is 14.8. The van der Waals surface area contributed by atoms with E-state index in [1.807, 2.05) is 41.3 Å². The Bertz CT molecular complexity index is 1850. The van der Waals surface area contributed by atoms with E-state index in [1.165, 1.54) is 44.9 Å². The molecule has 2 aromatic carbocycles. The zero-order chi connectivity index (χ0) is 46.4. The van der Waals surface area contributed by atoms with Crippen molar-refractivity contribution in [1.29, 1.82) is 0 Å². The van der Waals surface area contributed by atoms with Gasteiger partial charge in [-0.05, 0) is 91.8 Å². The van der Waals surface area contributed by atoms with E-state index >= 15 is 0 Å². The minimum Gasteiger partial charge on any atom is -0.497 e. The number of benzene rings is 2. The van der Waals surface area contributed by atoms with Crippen LogP contribution in [0.4, 0.5) is 4.79 Å². The van der Waals surface area contributed by atoms with Gasteiger partial charge in [0, 0.05) is 44.2 Å². The normalized spacial score (nSPS) is 22.5. The van der Waals surface area contributed by atoms with Gasteiger partial charge in [0.1, 0.15) is 30.4 Å². The molecule has 360 valence electrons. The molecule has 3 aliphatic rings. The first-order chi connectivity index (χ1) is 31.8. The van der Waals surface area contributed by atoms with Crippen molar-refractivity contribution in [3.8, 4) is 17.2 Å². The maximum Gasteiger partial charge on any atom is 0.412 e. The standard InChI is InChI=1S/C53H79N3O9/c1-6-9-10-11-12-13-14-15-16-19-29-54-52(60)64-42-27-28-47-45(37-42)50-43(26-18-21-32-58)40(24-17-20-31-57)36-44-46(55-62-5)38-48(53(65-47,51(44)50)63-33-8-3)56(30-7-2)49(59)35-39-23-22-25-41(34-39)61-4/h8,22-23,25,27-28,34,36-37,40,43,48,50-51,57-58H,3,6-7,9-21,24,26,29-33,35,38H2,1-2,4-5H3,(H,54,60). The van der Waals surface area contributed by atoms with Crippen LogP contribution in [0.1, 0.15) is 146 Å². The number of rotatable bonds is 30. The number of nitrogens with zero attached hydrogens (tertiary/aromatic N) is 2. The number of aliphatic hydroxyl groups is 2. The summed E-state index contributed by atoms with van der Waals surface area (Å²) in [6.45, 7) is 9.69. The number of nitrogens with one attached hydrogen (secondary N) is 1. The smallest absolute Gasteiger partial charge is 0.412 e. The molecule has 1 fully saturated rings. The summed E-state index contributed by atoms with van der Waals surface area (Å²) in [5, 5.41) is 27.5. The largest absolute Gasteiger partial charge is 0.497 e. The summed E-state index contributed by atoms with van der Waals surface area (Å²) in [5.41, 5.74) is 3.40. The molecule has 0 radical (unpaired) electrons. The molecule has 65 heavy (non-hydrogen) atoms. The molecule has 0 aromatic heterocycles. The molecule has 2 aliphatic carbocycles. The van der Waals surface area contributed by atoms with Gasteiger partial charge in [0.05, 0.1) is 31.8 Å². The molecule has 12 nitrogen and oxygen atoms in total. The van der Waals surface area contributed by atoms with Crippen LogP contribution < -0.4 is 19.5 Å². The molecule has 1 heterocycles. The van der Waals surface area contributed by atoms with E-state index < -0.39 is 23.8 Å². The van der Waals surface area contributed by atoms with Crippen LogP contribution >= 0.6 is 0 Å². The summed E-state index contributed by atoms with van der Waals surface area (Å²) >= 11 is 0. The second kappa shape index (κ2) is 27.3. The van der Waals surface area contributed by atoms with Crippen LogP contribution in [-0.4, -0.2) is 91.8 Å². The third kappa shape index (κ3) is 13.8. The summed E-state index contributed by atoms with van der Waals surface area (Å²) < 4.78 is 25.9. The van der Waals surface area contributed by atoms with Crippen molar-refractivity contribution in [2.75, 3.05) is 47.1 Å². The molecule has 3 N–H and O–H groups in total. The van der Waals surface area contributed by atoms with Crippen molar-refractivity contribution >= 4 is 17.7 Å². The second-order valence-corrected chi connectivity index (χ2v) is 18.1. The van der Waals surface area contributed by atoms with Crippen molar-refractivity contribution in [3.63, 3.8) is 0 Å². The zero-order valence-electron chi connectivity index (χ0n) is 39.9. The molecule has 0 saturated heterocycles. The number of carbonyl (C=O) groups excluding carboxylic acids is 2. The van der Waals surface area contributed by atoms with Crippen LogP contribution in [0.5, 0.6) is 17.2 Å². The Kier molecular flexibility index (Phi) is 21.7. The average molecular weight is 902 g/mol. The lowest BCUT2D eigenvalue weighted by molar-refractivity contribution is -0.257.